The zero-order valence-electron chi connectivity index (χ0n) is 12.4. The first-order chi connectivity index (χ1) is 9.73. The van der Waals surface area contributed by atoms with Gasteiger partial charge in [-0.25, -0.2) is 0 Å². The summed E-state index contributed by atoms with van der Waals surface area (Å²) < 4.78 is 39.4. The van der Waals surface area contributed by atoms with E-state index in [-0.39, 0.29) is 12.0 Å². The highest BCUT2D eigenvalue weighted by Crippen LogP contribution is 2.29. The Hall–Kier alpha value is -1.15. The third-order valence-corrected chi connectivity index (χ3v) is 3.97. The lowest BCUT2D eigenvalue weighted by molar-refractivity contribution is -0.148. The summed E-state index contributed by atoms with van der Waals surface area (Å²) in [5, 5.41) is 6.96. The van der Waals surface area contributed by atoms with Crippen LogP contribution in [0.3, 0.4) is 0 Å². The first-order valence-corrected chi connectivity index (χ1v) is 7.15. The van der Waals surface area contributed by atoms with Gasteiger partial charge in [0.05, 0.1) is 6.54 Å². The van der Waals surface area contributed by atoms with Crippen LogP contribution in [-0.4, -0.2) is 39.3 Å². The molecule has 0 radical (unpaired) electrons. The van der Waals surface area contributed by atoms with Crippen LogP contribution in [0.2, 0.25) is 0 Å². The van der Waals surface area contributed by atoms with Crippen molar-refractivity contribution in [2.24, 2.45) is 11.1 Å². The maximum absolute atomic E-state index is 12.7. The van der Waals surface area contributed by atoms with E-state index in [9.17, 15) is 13.2 Å². The number of hydrogen-bond donors (Lipinski definition) is 1. The number of alkyl halides is 3. The molecule has 0 aliphatic carbocycles. The smallest absolute Gasteiger partial charge is 0.330 e. The van der Waals surface area contributed by atoms with Crippen LogP contribution in [0.4, 0.5) is 13.2 Å². The van der Waals surface area contributed by atoms with Crippen LogP contribution in [0.1, 0.15) is 38.3 Å². The monoisotopic (exact) mass is 305 g/mol. The van der Waals surface area contributed by atoms with Crippen LogP contribution in [0.25, 0.3) is 0 Å². The third kappa shape index (κ3) is 3.94. The molecule has 0 saturated carbocycles. The van der Waals surface area contributed by atoms with Gasteiger partial charge in [-0.1, -0.05) is 13.8 Å². The highest BCUT2D eigenvalue weighted by atomic mass is 19.4. The average molecular weight is 305 g/mol. The molecule has 120 valence electrons. The normalized spacial score (nSPS) is 17.0. The van der Waals surface area contributed by atoms with Crippen molar-refractivity contribution in [1.29, 1.82) is 0 Å². The molecule has 0 aromatic carbocycles. The van der Waals surface area contributed by atoms with E-state index >= 15 is 0 Å². The summed E-state index contributed by atoms with van der Waals surface area (Å²) in [4.78, 5) is 2.12. The Morgan fingerprint density at radius 1 is 1.19 bits per heavy atom. The van der Waals surface area contributed by atoms with E-state index in [4.69, 9.17) is 5.73 Å². The Morgan fingerprint density at radius 3 is 2.52 bits per heavy atom. The molecule has 0 saturated heterocycles. The molecule has 0 fully saturated rings. The molecular formula is C13H22F3N5. The Balaban J connectivity index is 1.91. The fourth-order valence-corrected chi connectivity index (χ4v) is 2.49. The summed E-state index contributed by atoms with van der Waals surface area (Å²) in [7, 11) is 0. The first-order valence-electron chi connectivity index (χ1n) is 7.15. The fraction of sp³-hybridized carbons (Fsp3) is 0.846. The van der Waals surface area contributed by atoms with E-state index in [0.29, 0.717) is 25.5 Å². The highest BCUT2D eigenvalue weighted by Gasteiger charge is 2.39. The van der Waals surface area contributed by atoms with Crippen LogP contribution in [0, 0.1) is 5.41 Å². The second-order valence-corrected chi connectivity index (χ2v) is 6.34. The van der Waals surface area contributed by atoms with Gasteiger partial charge in [-0.2, -0.15) is 13.2 Å². The van der Waals surface area contributed by atoms with Gasteiger partial charge in [-0.05, 0) is 31.3 Å². The van der Waals surface area contributed by atoms with Gasteiger partial charge in [0.15, 0.2) is 0 Å². The number of nitrogens with zero attached hydrogens (tertiary/aromatic N) is 4. The predicted octanol–water partition coefficient (Wildman–Crippen LogP) is 1.88. The second-order valence-electron chi connectivity index (χ2n) is 6.34. The minimum absolute atomic E-state index is 0.110. The van der Waals surface area contributed by atoms with Gasteiger partial charge in [0.1, 0.15) is 5.82 Å². The third-order valence-electron chi connectivity index (χ3n) is 3.97. The molecule has 2 N–H and O–H groups in total. The molecule has 5 nitrogen and oxygen atoms in total. The molecule has 1 aliphatic rings. The summed E-state index contributed by atoms with van der Waals surface area (Å²) in [6, 6.07) is 0. The lowest BCUT2D eigenvalue weighted by Crippen LogP contribution is -2.36. The standard InChI is InChI=1S/C13H22F3N5/c1-12(2,9-17)4-3-5-20-6-7-21-10(8-20)18-19-11(21)13(14,15)16/h3-9,17H2,1-2H3. The lowest BCUT2D eigenvalue weighted by Gasteiger charge is -2.29. The van der Waals surface area contributed by atoms with Crippen LogP contribution in [-0.2, 0) is 19.3 Å². The molecule has 1 aromatic heterocycles. The largest absolute Gasteiger partial charge is 0.451 e. The topological polar surface area (TPSA) is 60.0 Å². The van der Waals surface area contributed by atoms with E-state index in [0.717, 1.165) is 19.4 Å². The molecule has 0 amide bonds. The van der Waals surface area contributed by atoms with Crippen molar-refractivity contribution in [3.63, 3.8) is 0 Å². The zero-order chi connectivity index (χ0) is 15.7. The van der Waals surface area contributed by atoms with Gasteiger partial charge in [-0.15, -0.1) is 10.2 Å². The molecule has 0 bridgehead atoms. The van der Waals surface area contributed by atoms with Crippen molar-refractivity contribution in [2.45, 2.75) is 46.0 Å². The quantitative estimate of drug-likeness (QED) is 0.902. The lowest BCUT2D eigenvalue weighted by atomic mass is 9.88. The van der Waals surface area contributed by atoms with Crippen LogP contribution in [0.15, 0.2) is 0 Å². The fourth-order valence-electron chi connectivity index (χ4n) is 2.49. The molecule has 0 atom stereocenters. The van der Waals surface area contributed by atoms with E-state index in [1.54, 1.807) is 0 Å². The SMILES string of the molecule is CC(C)(CN)CCCN1CCn2c(nnc2C(F)(F)F)C1. The highest BCUT2D eigenvalue weighted by molar-refractivity contribution is 5.02. The molecule has 1 aliphatic heterocycles. The number of hydrogen-bond acceptors (Lipinski definition) is 4. The van der Waals surface area contributed by atoms with E-state index in [1.165, 1.54) is 4.57 Å². The van der Waals surface area contributed by atoms with E-state index in [2.05, 4.69) is 28.9 Å². The van der Waals surface area contributed by atoms with Crippen molar-refractivity contribution in [2.75, 3.05) is 19.6 Å². The zero-order valence-corrected chi connectivity index (χ0v) is 12.4. The summed E-state index contributed by atoms with van der Waals surface area (Å²) >= 11 is 0. The van der Waals surface area contributed by atoms with Crippen LogP contribution in [0.5, 0.6) is 0 Å². The van der Waals surface area contributed by atoms with Crippen LogP contribution < -0.4 is 5.73 Å². The Kier molecular flexibility index (Phi) is 4.57. The Bertz CT molecular complexity index is 481. The summed E-state index contributed by atoms with van der Waals surface area (Å²) in [6.45, 7) is 7.03. The second kappa shape index (κ2) is 5.92. The molecule has 1 aromatic rings. The minimum atomic E-state index is -4.43. The van der Waals surface area contributed by atoms with Crippen molar-refractivity contribution in [3.05, 3.63) is 11.6 Å². The summed E-state index contributed by atoms with van der Waals surface area (Å²) in [5.41, 5.74) is 5.80. The first kappa shape index (κ1) is 16.2. The summed E-state index contributed by atoms with van der Waals surface area (Å²) in [5.74, 6) is -0.493. The number of fused-ring (bicyclic) bond motifs is 1. The Morgan fingerprint density at radius 2 is 1.90 bits per heavy atom. The van der Waals surface area contributed by atoms with Crippen molar-refractivity contribution in [1.82, 2.24) is 19.7 Å². The van der Waals surface area contributed by atoms with Gasteiger partial charge in [0.2, 0.25) is 5.82 Å². The molecule has 0 spiro atoms. The number of aromatic nitrogens is 3. The number of halogens is 3. The number of nitrogens with two attached hydrogens (primary N) is 1. The van der Waals surface area contributed by atoms with Gasteiger partial charge >= 0.3 is 6.18 Å². The maximum atomic E-state index is 12.7. The van der Waals surface area contributed by atoms with Gasteiger partial charge < -0.3 is 10.3 Å². The molecule has 2 heterocycles. The van der Waals surface area contributed by atoms with E-state index in [1.807, 2.05) is 0 Å². The predicted molar refractivity (Wildman–Crippen MR) is 72.4 cm³/mol. The van der Waals surface area contributed by atoms with Crippen molar-refractivity contribution >= 4 is 0 Å². The minimum Gasteiger partial charge on any atom is -0.330 e. The molecule has 2 rings (SSSR count). The molecule has 0 unspecified atom stereocenters. The van der Waals surface area contributed by atoms with Gasteiger partial charge in [-0.3, -0.25) is 4.90 Å². The van der Waals surface area contributed by atoms with Crippen LogP contribution >= 0.6 is 0 Å². The van der Waals surface area contributed by atoms with Gasteiger partial charge in [0, 0.05) is 13.1 Å². The Labute approximate surface area is 122 Å². The molecular weight excluding hydrogens is 283 g/mol. The van der Waals surface area contributed by atoms with Gasteiger partial charge in [0.25, 0.3) is 0 Å². The maximum Gasteiger partial charge on any atom is 0.451 e. The number of rotatable bonds is 5. The average Bonchev–Trinajstić information content (AvgIpc) is 2.81. The van der Waals surface area contributed by atoms with Crippen molar-refractivity contribution < 1.29 is 13.2 Å². The van der Waals surface area contributed by atoms with Crippen molar-refractivity contribution in [3.8, 4) is 0 Å². The molecule has 21 heavy (non-hydrogen) atoms. The van der Waals surface area contributed by atoms with E-state index < -0.39 is 12.0 Å². The summed E-state index contributed by atoms with van der Waals surface area (Å²) in [6.07, 6.45) is -2.45. The molecule has 8 heteroatoms.